The highest BCUT2D eigenvalue weighted by Gasteiger charge is 2.40. The quantitative estimate of drug-likeness (QED) is 0.750. The van der Waals surface area contributed by atoms with E-state index in [0.717, 1.165) is 46.2 Å². The van der Waals surface area contributed by atoms with Crippen molar-refractivity contribution >= 4 is 26.7 Å². The molecule has 2 aromatic heterocycles. The first-order valence-corrected chi connectivity index (χ1v) is 9.09. The molecule has 0 aliphatic heterocycles. The summed E-state index contributed by atoms with van der Waals surface area (Å²) in [6.45, 7) is 0.817. The molecule has 0 atom stereocenters. The van der Waals surface area contributed by atoms with Crippen molar-refractivity contribution in [3.63, 3.8) is 0 Å². The summed E-state index contributed by atoms with van der Waals surface area (Å²) < 4.78 is 6.24. The Kier molecular flexibility index (Phi) is 4.02. The van der Waals surface area contributed by atoms with Gasteiger partial charge in [0, 0.05) is 17.7 Å². The van der Waals surface area contributed by atoms with Crippen molar-refractivity contribution in [2.45, 2.75) is 24.7 Å². The normalized spacial score (nSPS) is 15.4. The van der Waals surface area contributed by atoms with E-state index in [-0.39, 0.29) is 5.41 Å². The van der Waals surface area contributed by atoms with Crippen LogP contribution in [0.3, 0.4) is 0 Å². The topological polar surface area (TPSA) is 70.8 Å². The van der Waals surface area contributed by atoms with Crippen LogP contribution in [-0.4, -0.2) is 23.6 Å². The fourth-order valence-corrected chi connectivity index (χ4v) is 4.16. The predicted octanol–water partition coefficient (Wildman–Crippen LogP) is 4.11. The fourth-order valence-electron chi connectivity index (χ4n) is 3.26. The van der Waals surface area contributed by atoms with E-state index in [4.69, 9.17) is 10.00 Å². The SMILES string of the molecule is COc1ccc(C2(CNc3nc4ccc(C#N)cc4s3)CCC2)nc1. The van der Waals surface area contributed by atoms with Crippen LogP contribution in [0.1, 0.15) is 30.5 Å². The summed E-state index contributed by atoms with van der Waals surface area (Å²) in [5.41, 5.74) is 2.78. The number of fused-ring (bicyclic) bond motifs is 1. The molecule has 126 valence electrons. The van der Waals surface area contributed by atoms with Crippen molar-refractivity contribution in [3.8, 4) is 11.8 Å². The van der Waals surface area contributed by atoms with Gasteiger partial charge in [0.05, 0.1) is 35.2 Å². The number of hydrogen-bond donors (Lipinski definition) is 1. The molecule has 1 aliphatic carbocycles. The van der Waals surface area contributed by atoms with Gasteiger partial charge >= 0.3 is 0 Å². The maximum atomic E-state index is 9.02. The molecule has 0 saturated heterocycles. The van der Waals surface area contributed by atoms with Gasteiger partial charge in [-0.2, -0.15) is 5.26 Å². The molecular formula is C19H18N4OS. The lowest BCUT2D eigenvalue weighted by Gasteiger charge is -2.41. The molecule has 25 heavy (non-hydrogen) atoms. The van der Waals surface area contributed by atoms with Gasteiger partial charge in [0.25, 0.3) is 0 Å². The average Bonchev–Trinajstić information content (AvgIpc) is 3.03. The van der Waals surface area contributed by atoms with E-state index in [1.165, 1.54) is 6.42 Å². The zero-order chi connectivity index (χ0) is 17.3. The number of nitriles is 1. The van der Waals surface area contributed by atoms with Crippen molar-refractivity contribution in [3.05, 3.63) is 47.8 Å². The molecule has 5 nitrogen and oxygen atoms in total. The lowest BCUT2D eigenvalue weighted by Crippen LogP contribution is -2.41. The Morgan fingerprint density at radius 1 is 1.32 bits per heavy atom. The smallest absolute Gasteiger partial charge is 0.183 e. The third-order valence-corrected chi connectivity index (χ3v) is 5.90. The number of ether oxygens (including phenoxy) is 1. The minimum Gasteiger partial charge on any atom is -0.495 e. The Bertz CT molecular complexity index is 938. The van der Waals surface area contributed by atoms with Gasteiger partial charge in [-0.1, -0.05) is 17.8 Å². The van der Waals surface area contributed by atoms with Gasteiger partial charge in [-0.3, -0.25) is 4.98 Å². The maximum absolute atomic E-state index is 9.02. The van der Waals surface area contributed by atoms with Gasteiger partial charge in [-0.25, -0.2) is 4.98 Å². The number of nitrogens with one attached hydrogen (secondary N) is 1. The first kappa shape index (κ1) is 15.9. The second kappa shape index (κ2) is 6.34. The number of rotatable bonds is 5. The highest BCUT2D eigenvalue weighted by molar-refractivity contribution is 7.22. The number of anilines is 1. The molecule has 1 aromatic carbocycles. The minimum atomic E-state index is 0.0714. The van der Waals surface area contributed by atoms with Gasteiger partial charge in [-0.05, 0) is 43.2 Å². The van der Waals surface area contributed by atoms with E-state index in [1.807, 2.05) is 18.2 Å². The third kappa shape index (κ3) is 2.92. The molecular weight excluding hydrogens is 332 g/mol. The minimum absolute atomic E-state index is 0.0714. The summed E-state index contributed by atoms with van der Waals surface area (Å²) in [4.78, 5) is 9.23. The molecule has 1 saturated carbocycles. The Morgan fingerprint density at radius 2 is 2.20 bits per heavy atom. The van der Waals surface area contributed by atoms with Crippen LogP contribution in [0.25, 0.3) is 10.2 Å². The Hall–Kier alpha value is -2.65. The third-order valence-electron chi connectivity index (χ3n) is 4.92. The molecule has 1 aliphatic rings. The second-order valence-corrected chi connectivity index (χ2v) is 7.41. The van der Waals surface area contributed by atoms with Crippen molar-refractivity contribution in [1.29, 1.82) is 5.26 Å². The molecule has 4 rings (SSSR count). The van der Waals surface area contributed by atoms with Crippen LogP contribution in [0.2, 0.25) is 0 Å². The van der Waals surface area contributed by atoms with E-state index < -0.39 is 0 Å². The van der Waals surface area contributed by atoms with Crippen LogP contribution in [0.5, 0.6) is 5.75 Å². The molecule has 0 unspecified atom stereocenters. The summed E-state index contributed by atoms with van der Waals surface area (Å²) in [5.74, 6) is 0.783. The monoisotopic (exact) mass is 350 g/mol. The van der Waals surface area contributed by atoms with Crippen LogP contribution < -0.4 is 10.1 Å². The number of thiazole rings is 1. The lowest BCUT2D eigenvalue weighted by molar-refractivity contribution is 0.252. The van der Waals surface area contributed by atoms with Crippen LogP contribution >= 0.6 is 11.3 Å². The summed E-state index contributed by atoms with van der Waals surface area (Å²) in [6, 6.07) is 11.8. The first-order valence-electron chi connectivity index (χ1n) is 8.27. The number of methoxy groups -OCH3 is 1. The van der Waals surface area contributed by atoms with Crippen LogP contribution in [0.15, 0.2) is 36.5 Å². The molecule has 0 spiro atoms. The molecule has 6 heteroatoms. The number of pyridine rings is 1. The fraction of sp³-hybridized carbons (Fsp3) is 0.316. The van der Waals surface area contributed by atoms with Gasteiger partial charge in [-0.15, -0.1) is 0 Å². The number of aromatic nitrogens is 2. The Balaban J connectivity index is 1.53. The Labute approximate surface area is 150 Å². The molecule has 1 fully saturated rings. The molecule has 0 amide bonds. The van der Waals surface area contributed by atoms with Gasteiger partial charge in [0.2, 0.25) is 0 Å². The van der Waals surface area contributed by atoms with Crippen LogP contribution in [-0.2, 0) is 5.41 Å². The lowest BCUT2D eigenvalue weighted by atomic mass is 9.66. The van der Waals surface area contributed by atoms with E-state index in [0.29, 0.717) is 5.56 Å². The Morgan fingerprint density at radius 3 is 2.84 bits per heavy atom. The van der Waals surface area contributed by atoms with Gasteiger partial charge < -0.3 is 10.1 Å². The number of hydrogen-bond acceptors (Lipinski definition) is 6. The van der Waals surface area contributed by atoms with Gasteiger partial charge in [0.15, 0.2) is 5.13 Å². The highest BCUT2D eigenvalue weighted by Crippen LogP contribution is 2.43. The van der Waals surface area contributed by atoms with Crippen molar-refractivity contribution in [2.75, 3.05) is 19.0 Å². The van der Waals surface area contributed by atoms with Gasteiger partial charge in [0.1, 0.15) is 5.75 Å². The average molecular weight is 350 g/mol. The molecule has 3 aromatic rings. The van der Waals surface area contributed by atoms with Crippen LogP contribution in [0, 0.1) is 11.3 Å². The summed E-state index contributed by atoms with van der Waals surface area (Å²) in [7, 11) is 1.65. The largest absolute Gasteiger partial charge is 0.495 e. The summed E-state index contributed by atoms with van der Waals surface area (Å²) >= 11 is 1.59. The number of nitrogens with zero attached hydrogens (tertiary/aromatic N) is 3. The van der Waals surface area contributed by atoms with Crippen molar-refractivity contribution in [1.82, 2.24) is 9.97 Å². The summed E-state index contributed by atoms with van der Waals surface area (Å²) in [6.07, 6.45) is 5.27. The number of benzene rings is 1. The molecule has 0 radical (unpaired) electrons. The van der Waals surface area contributed by atoms with E-state index in [2.05, 4.69) is 27.4 Å². The predicted molar refractivity (Wildman–Crippen MR) is 99.1 cm³/mol. The molecule has 0 bridgehead atoms. The zero-order valence-corrected chi connectivity index (χ0v) is 14.8. The highest BCUT2D eigenvalue weighted by atomic mass is 32.1. The second-order valence-electron chi connectivity index (χ2n) is 6.38. The molecule has 1 N–H and O–H groups in total. The van der Waals surface area contributed by atoms with Crippen molar-refractivity contribution < 1.29 is 4.74 Å². The first-order chi connectivity index (χ1) is 12.2. The standard InChI is InChI=1S/C19H18N4OS/c1-24-14-4-6-17(21-11-14)19(7-2-8-19)12-22-18-23-15-5-3-13(10-20)9-16(15)25-18/h3-6,9,11H,2,7-8,12H2,1H3,(H,22,23). The molecule has 2 heterocycles. The van der Waals surface area contributed by atoms with E-state index in [1.54, 1.807) is 30.7 Å². The van der Waals surface area contributed by atoms with E-state index >= 15 is 0 Å². The van der Waals surface area contributed by atoms with E-state index in [9.17, 15) is 0 Å². The summed E-state index contributed by atoms with van der Waals surface area (Å²) in [5, 5.41) is 13.4. The van der Waals surface area contributed by atoms with Crippen LogP contribution in [0.4, 0.5) is 5.13 Å². The van der Waals surface area contributed by atoms with Crippen molar-refractivity contribution in [2.24, 2.45) is 0 Å². The zero-order valence-electron chi connectivity index (χ0n) is 14.0. The maximum Gasteiger partial charge on any atom is 0.183 e.